The summed E-state index contributed by atoms with van der Waals surface area (Å²) >= 11 is 9.07. The number of carbonyl (C=O) groups excluding carboxylic acids is 1. The summed E-state index contributed by atoms with van der Waals surface area (Å²) in [6, 6.07) is 11.3. The summed E-state index contributed by atoms with van der Waals surface area (Å²) in [4.78, 5) is 21.0. The summed E-state index contributed by atoms with van der Waals surface area (Å²) < 4.78 is 0. The Bertz CT molecular complexity index is 797. The number of carbonyl (C=O) groups is 1. The second-order valence-electron chi connectivity index (χ2n) is 5.81. The largest absolute Gasteiger partial charge is 0.286 e. The van der Waals surface area contributed by atoms with Crippen molar-refractivity contribution >= 4 is 57.5 Å². The fraction of sp³-hybridized carbons (Fsp3) is 0.222. The van der Waals surface area contributed by atoms with E-state index in [2.05, 4.69) is 18.8 Å². The van der Waals surface area contributed by atoms with E-state index in [4.69, 9.17) is 11.6 Å². The Labute approximate surface area is 155 Å². The van der Waals surface area contributed by atoms with Crippen LogP contribution in [0.2, 0.25) is 5.02 Å². The Hall–Kier alpha value is -1.56. The van der Waals surface area contributed by atoms with Crippen molar-refractivity contribution in [2.45, 2.75) is 13.8 Å². The fourth-order valence-corrected chi connectivity index (χ4v) is 4.19. The molecule has 3 rings (SSSR count). The highest BCUT2D eigenvalue weighted by Crippen LogP contribution is 2.35. The van der Waals surface area contributed by atoms with E-state index < -0.39 is 0 Å². The van der Waals surface area contributed by atoms with Gasteiger partial charge in [-0.25, -0.2) is 4.99 Å². The van der Waals surface area contributed by atoms with E-state index in [1.807, 2.05) is 41.8 Å². The van der Waals surface area contributed by atoms with Crippen LogP contribution in [-0.2, 0) is 4.79 Å². The molecule has 124 valence electrons. The van der Waals surface area contributed by atoms with Crippen molar-refractivity contribution in [1.29, 1.82) is 0 Å². The zero-order chi connectivity index (χ0) is 17.1. The van der Waals surface area contributed by atoms with Gasteiger partial charge in [0.05, 0.1) is 10.6 Å². The Balaban J connectivity index is 1.95. The number of amidine groups is 1. The Kier molecular flexibility index (Phi) is 5.43. The van der Waals surface area contributed by atoms with Gasteiger partial charge in [0, 0.05) is 16.4 Å². The minimum absolute atomic E-state index is 0.0166. The summed E-state index contributed by atoms with van der Waals surface area (Å²) in [5, 5.41) is 3.35. The molecule has 2 aromatic rings. The van der Waals surface area contributed by atoms with Gasteiger partial charge in [0.2, 0.25) is 0 Å². The minimum Gasteiger partial charge on any atom is -0.286 e. The lowest BCUT2D eigenvalue weighted by Crippen LogP contribution is -2.32. The highest BCUT2D eigenvalue weighted by Gasteiger charge is 2.33. The number of rotatable bonds is 4. The highest BCUT2D eigenvalue weighted by atomic mass is 35.5. The van der Waals surface area contributed by atoms with Crippen LogP contribution in [0, 0.1) is 5.92 Å². The van der Waals surface area contributed by atoms with Crippen molar-refractivity contribution < 1.29 is 4.79 Å². The first-order valence-electron chi connectivity index (χ1n) is 7.62. The van der Waals surface area contributed by atoms with Crippen LogP contribution in [0.1, 0.15) is 18.7 Å². The molecule has 24 heavy (non-hydrogen) atoms. The number of nitrogens with zero attached hydrogens (tertiary/aromatic N) is 2. The molecular weight excluding hydrogens is 360 g/mol. The third-order valence-electron chi connectivity index (χ3n) is 3.29. The van der Waals surface area contributed by atoms with E-state index in [1.54, 1.807) is 22.3 Å². The van der Waals surface area contributed by atoms with Crippen molar-refractivity contribution in [3.63, 3.8) is 0 Å². The molecule has 0 bridgehead atoms. The lowest BCUT2D eigenvalue weighted by Gasteiger charge is -2.17. The quantitative estimate of drug-likeness (QED) is 0.645. The first-order chi connectivity index (χ1) is 11.5. The predicted octanol–water partition coefficient (Wildman–Crippen LogP) is 5.66. The van der Waals surface area contributed by atoms with E-state index in [-0.39, 0.29) is 5.91 Å². The summed E-state index contributed by atoms with van der Waals surface area (Å²) in [7, 11) is 0. The van der Waals surface area contributed by atoms with E-state index in [0.29, 0.717) is 27.6 Å². The van der Waals surface area contributed by atoms with Gasteiger partial charge in [0.1, 0.15) is 0 Å². The number of halogens is 1. The first-order valence-corrected chi connectivity index (χ1v) is 9.69. The van der Waals surface area contributed by atoms with Crippen molar-refractivity contribution in [1.82, 2.24) is 4.90 Å². The summed E-state index contributed by atoms with van der Waals surface area (Å²) in [6.45, 7) is 4.83. The van der Waals surface area contributed by atoms with Gasteiger partial charge in [-0.05, 0) is 53.4 Å². The van der Waals surface area contributed by atoms with Crippen molar-refractivity contribution in [2.75, 3.05) is 6.54 Å². The van der Waals surface area contributed by atoms with Crippen molar-refractivity contribution in [2.24, 2.45) is 10.9 Å². The second kappa shape index (κ2) is 7.55. The van der Waals surface area contributed by atoms with Crippen LogP contribution >= 0.6 is 34.7 Å². The summed E-state index contributed by atoms with van der Waals surface area (Å²) in [5.74, 6) is 0.378. The standard InChI is InChI=1S/C18H17ClN2OS2/c1-12(2)11-21-17(22)16(10-15-7-4-8-23-15)24-18(21)20-14-6-3-5-13(19)9-14/h3-10,12H,11H2,1-2H3/b16-10+,20-18?. The smallest absolute Gasteiger partial charge is 0.266 e. The molecule has 2 heterocycles. The van der Waals surface area contributed by atoms with Crippen LogP contribution in [0.5, 0.6) is 0 Å². The van der Waals surface area contributed by atoms with Crippen LogP contribution in [0.4, 0.5) is 5.69 Å². The monoisotopic (exact) mass is 376 g/mol. The normalized spacial score (nSPS) is 18.3. The average Bonchev–Trinajstić information content (AvgIpc) is 3.12. The van der Waals surface area contributed by atoms with Crippen molar-refractivity contribution in [3.8, 4) is 0 Å². The Morgan fingerprint density at radius 1 is 1.29 bits per heavy atom. The molecule has 0 aliphatic carbocycles. The zero-order valence-electron chi connectivity index (χ0n) is 13.4. The van der Waals surface area contributed by atoms with Gasteiger partial charge in [-0.3, -0.25) is 9.69 Å². The molecule has 1 aliphatic heterocycles. The number of benzene rings is 1. The maximum absolute atomic E-state index is 12.8. The number of thioether (sulfide) groups is 1. The second-order valence-corrected chi connectivity index (χ2v) is 8.23. The fourth-order valence-electron chi connectivity index (χ4n) is 2.28. The van der Waals surface area contributed by atoms with Crippen LogP contribution in [0.15, 0.2) is 51.7 Å². The lowest BCUT2D eigenvalue weighted by molar-refractivity contribution is -0.122. The van der Waals surface area contributed by atoms with Gasteiger partial charge in [0.15, 0.2) is 5.17 Å². The van der Waals surface area contributed by atoms with Gasteiger partial charge < -0.3 is 0 Å². The van der Waals surface area contributed by atoms with Gasteiger partial charge >= 0.3 is 0 Å². The molecule has 1 aromatic heterocycles. The molecule has 0 N–H and O–H groups in total. The SMILES string of the molecule is CC(C)CN1C(=O)/C(=C\c2cccs2)SC1=Nc1cccc(Cl)c1. The summed E-state index contributed by atoms with van der Waals surface area (Å²) in [6.07, 6.45) is 1.94. The predicted molar refractivity (Wildman–Crippen MR) is 105 cm³/mol. The maximum atomic E-state index is 12.8. The Morgan fingerprint density at radius 2 is 2.12 bits per heavy atom. The maximum Gasteiger partial charge on any atom is 0.266 e. The molecule has 0 radical (unpaired) electrons. The molecule has 6 heteroatoms. The van der Waals surface area contributed by atoms with E-state index >= 15 is 0 Å². The number of hydrogen-bond donors (Lipinski definition) is 0. The number of thiophene rings is 1. The molecule has 3 nitrogen and oxygen atoms in total. The van der Waals surface area contributed by atoms with Crippen LogP contribution in [0.25, 0.3) is 6.08 Å². The molecule has 1 aromatic carbocycles. The zero-order valence-corrected chi connectivity index (χ0v) is 15.8. The lowest BCUT2D eigenvalue weighted by atomic mass is 10.2. The van der Waals surface area contributed by atoms with E-state index in [1.165, 1.54) is 11.8 Å². The van der Waals surface area contributed by atoms with Crippen LogP contribution < -0.4 is 0 Å². The topological polar surface area (TPSA) is 32.7 Å². The molecule has 1 fully saturated rings. The highest BCUT2D eigenvalue weighted by molar-refractivity contribution is 8.18. The van der Waals surface area contributed by atoms with Crippen LogP contribution in [0.3, 0.4) is 0 Å². The minimum atomic E-state index is 0.0166. The first kappa shape index (κ1) is 17.3. The molecule has 1 aliphatic rings. The van der Waals surface area contributed by atoms with Crippen LogP contribution in [-0.4, -0.2) is 22.5 Å². The summed E-state index contributed by atoms with van der Waals surface area (Å²) in [5.41, 5.74) is 0.754. The van der Waals surface area contributed by atoms with Gasteiger partial charge in [-0.2, -0.15) is 0 Å². The van der Waals surface area contributed by atoms with E-state index in [9.17, 15) is 4.79 Å². The average molecular weight is 377 g/mol. The van der Waals surface area contributed by atoms with E-state index in [0.717, 1.165) is 10.6 Å². The molecule has 1 amide bonds. The van der Waals surface area contributed by atoms with Gasteiger partial charge in [-0.1, -0.05) is 37.6 Å². The molecule has 0 spiro atoms. The number of hydrogen-bond acceptors (Lipinski definition) is 4. The molecular formula is C18H17ClN2OS2. The van der Waals surface area contributed by atoms with Gasteiger partial charge in [0.25, 0.3) is 5.91 Å². The number of amides is 1. The van der Waals surface area contributed by atoms with Crippen molar-refractivity contribution in [3.05, 3.63) is 56.6 Å². The van der Waals surface area contributed by atoms with Gasteiger partial charge in [-0.15, -0.1) is 11.3 Å². The third-order valence-corrected chi connectivity index (χ3v) is 5.35. The number of aliphatic imine (C=N–C) groups is 1. The molecule has 0 saturated carbocycles. The third kappa shape index (κ3) is 4.09. The molecule has 0 unspecified atom stereocenters. The molecule has 1 saturated heterocycles. The molecule has 0 atom stereocenters. The Morgan fingerprint density at radius 3 is 2.79 bits per heavy atom.